The molecule has 2 aromatic carbocycles. The molecular weight excluding hydrogens is 557 g/mol. The summed E-state index contributed by atoms with van der Waals surface area (Å²) in [4.78, 5) is 4.51. The molecule has 4 aromatic rings. The fourth-order valence-electron chi connectivity index (χ4n) is 4.03. The minimum atomic E-state index is -1.97. The largest absolute Gasteiger partial charge is 0.598 e. The summed E-state index contributed by atoms with van der Waals surface area (Å²) in [6.07, 6.45) is 0.422. The Labute approximate surface area is 224 Å². The number of rotatable bonds is 7. The SMILES string of the molecule is CC(C)(C)[S@+]([O-])N[C@@H](Cc1cc([Si](C)(C)C)c(F)c(Br)n1)c1ccccc1-c1noc2ccccc12. The van der Waals surface area contributed by atoms with Crippen molar-refractivity contribution in [2.24, 2.45) is 0 Å². The summed E-state index contributed by atoms with van der Waals surface area (Å²) >= 11 is 1.97. The van der Waals surface area contributed by atoms with Crippen molar-refractivity contribution in [2.45, 2.75) is 57.6 Å². The van der Waals surface area contributed by atoms with E-state index in [4.69, 9.17) is 4.52 Å². The van der Waals surface area contributed by atoms with E-state index in [9.17, 15) is 8.94 Å². The number of halogens is 2. The van der Waals surface area contributed by atoms with Crippen LogP contribution in [0.15, 0.2) is 63.7 Å². The molecule has 0 unspecified atom stereocenters. The molecule has 4 rings (SSSR count). The van der Waals surface area contributed by atoms with E-state index in [-0.39, 0.29) is 16.5 Å². The highest BCUT2D eigenvalue weighted by atomic mass is 79.9. The molecule has 1 N–H and O–H groups in total. The molecule has 0 spiro atoms. The quantitative estimate of drug-likeness (QED) is 0.148. The van der Waals surface area contributed by atoms with Crippen LogP contribution in [0.5, 0.6) is 0 Å². The first-order valence-corrected chi connectivity index (χ1v) is 17.3. The van der Waals surface area contributed by atoms with Gasteiger partial charge in [-0.15, -0.1) is 4.72 Å². The Balaban J connectivity index is 1.83. The minimum Gasteiger partial charge on any atom is -0.598 e. The third-order valence-electron chi connectivity index (χ3n) is 5.97. The summed E-state index contributed by atoms with van der Waals surface area (Å²) in [7, 11) is -1.97. The van der Waals surface area contributed by atoms with Crippen molar-refractivity contribution in [2.75, 3.05) is 0 Å². The first-order valence-electron chi connectivity index (χ1n) is 11.8. The number of fused-ring (bicyclic) bond motifs is 1. The molecule has 0 saturated carbocycles. The van der Waals surface area contributed by atoms with Crippen molar-refractivity contribution in [1.82, 2.24) is 14.9 Å². The fraction of sp³-hybridized carbons (Fsp3) is 0.333. The normalized spacial score (nSPS) is 14.2. The van der Waals surface area contributed by atoms with Crippen molar-refractivity contribution in [3.63, 3.8) is 0 Å². The van der Waals surface area contributed by atoms with E-state index >= 15 is 0 Å². The van der Waals surface area contributed by atoms with Crippen molar-refractivity contribution >= 4 is 51.5 Å². The first kappa shape index (κ1) is 27.0. The van der Waals surface area contributed by atoms with Gasteiger partial charge < -0.3 is 9.08 Å². The average molecular weight is 589 g/mol. The van der Waals surface area contributed by atoms with E-state index in [1.165, 1.54) is 0 Å². The van der Waals surface area contributed by atoms with Crippen molar-refractivity contribution in [3.8, 4) is 11.3 Å². The van der Waals surface area contributed by atoms with E-state index in [1.807, 2.05) is 75.4 Å². The lowest BCUT2D eigenvalue weighted by atomic mass is 9.94. The van der Waals surface area contributed by atoms with E-state index in [0.717, 1.165) is 27.9 Å². The second-order valence-corrected chi connectivity index (χ2v) is 18.7. The highest BCUT2D eigenvalue weighted by Crippen LogP contribution is 2.35. The summed E-state index contributed by atoms with van der Waals surface area (Å²) in [6, 6.07) is 17.1. The molecule has 0 aliphatic rings. The van der Waals surface area contributed by atoms with Crippen LogP contribution in [0.2, 0.25) is 19.6 Å². The number of pyridine rings is 1. The zero-order valence-electron chi connectivity index (χ0n) is 21.4. The van der Waals surface area contributed by atoms with Gasteiger partial charge in [0.25, 0.3) is 0 Å². The summed E-state index contributed by atoms with van der Waals surface area (Å²) in [5, 5.41) is 5.99. The highest BCUT2D eigenvalue weighted by Gasteiger charge is 2.32. The Kier molecular flexibility index (Phi) is 7.78. The molecule has 0 saturated heterocycles. The molecule has 2 aromatic heterocycles. The zero-order valence-corrected chi connectivity index (χ0v) is 24.8. The maximum Gasteiger partial charge on any atom is 0.167 e. The van der Waals surface area contributed by atoms with Gasteiger partial charge in [-0.25, -0.2) is 9.37 Å². The number of aromatic nitrogens is 2. The van der Waals surface area contributed by atoms with Gasteiger partial charge in [-0.3, -0.25) is 0 Å². The molecule has 0 aliphatic heterocycles. The van der Waals surface area contributed by atoms with Crippen LogP contribution in [-0.2, 0) is 17.8 Å². The second-order valence-electron chi connectivity index (χ2n) is 10.9. The molecule has 2 heterocycles. The van der Waals surface area contributed by atoms with Crippen LogP contribution < -0.4 is 9.91 Å². The summed E-state index contributed by atoms with van der Waals surface area (Å²) < 4.78 is 36.9. The fourth-order valence-corrected chi connectivity index (χ4v) is 6.85. The van der Waals surface area contributed by atoms with Crippen LogP contribution in [0.4, 0.5) is 4.39 Å². The van der Waals surface area contributed by atoms with Crippen molar-refractivity contribution in [1.29, 1.82) is 0 Å². The van der Waals surface area contributed by atoms with Crippen LogP contribution in [0.1, 0.15) is 38.1 Å². The number of para-hydroxylation sites is 1. The van der Waals surface area contributed by atoms with E-state index in [2.05, 4.69) is 50.4 Å². The van der Waals surface area contributed by atoms with E-state index in [1.54, 1.807) is 0 Å². The van der Waals surface area contributed by atoms with Gasteiger partial charge in [0.2, 0.25) is 0 Å². The molecule has 36 heavy (non-hydrogen) atoms. The maximum atomic E-state index is 14.9. The zero-order chi connectivity index (χ0) is 26.3. The van der Waals surface area contributed by atoms with Crippen LogP contribution in [-0.4, -0.2) is 27.5 Å². The summed E-state index contributed by atoms with van der Waals surface area (Å²) in [5.41, 5.74) is 3.96. The third-order valence-corrected chi connectivity index (χ3v) is 10.1. The van der Waals surface area contributed by atoms with Gasteiger partial charge in [-0.05, 0) is 65.7 Å². The predicted molar refractivity (Wildman–Crippen MR) is 152 cm³/mol. The lowest BCUT2D eigenvalue weighted by Gasteiger charge is -2.29. The number of hydrogen-bond donors (Lipinski definition) is 1. The molecule has 0 aliphatic carbocycles. The smallest absolute Gasteiger partial charge is 0.167 e. The Hall–Kier alpha value is -2.04. The number of hydrogen-bond acceptors (Lipinski definition) is 5. The lowest BCUT2D eigenvalue weighted by molar-refractivity contribution is 0.459. The number of nitrogens with one attached hydrogen (secondary N) is 1. The Bertz CT molecular complexity index is 1380. The highest BCUT2D eigenvalue weighted by molar-refractivity contribution is 9.10. The average Bonchev–Trinajstić information content (AvgIpc) is 3.23. The van der Waals surface area contributed by atoms with Crippen LogP contribution in [0.25, 0.3) is 22.2 Å². The molecule has 9 heteroatoms. The standard InChI is InChI=1S/C27H31BrFN3O2SSi/c1-27(2,3)35(33)32-21(15-17-16-23(36(4,5)6)24(29)26(28)30-17)18-11-7-8-12-19(18)25-20-13-9-10-14-22(20)34-31-25/h7-14,16,21,32H,15H2,1-6H3/t21-,35-/m0/s1. The molecule has 0 bridgehead atoms. The maximum absolute atomic E-state index is 14.9. The van der Waals surface area contributed by atoms with Gasteiger partial charge >= 0.3 is 0 Å². The number of nitrogens with zero attached hydrogens (tertiary/aromatic N) is 2. The molecular formula is C27H31BrFN3O2SSi. The van der Waals surface area contributed by atoms with Crippen molar-refractivity contribution < 1.29 is 13.5 Å². The van der Waals surface area contributed by atoms with Gasteiger partial charge in [-0.2, -0.15) is 0 Å². The van der Waals surface area contributed by atoms with Gasteiger partial charge in [-0.1, -0.05) is 61.2 Å². The third kappa shape index (κ3) is 5.75. The summed E-state index contributed by atoms with van der Waals surface area (Å²) in [6.45, 7) is 12.1. The van der Waals surface area contributed by atoms with Crippen LogP contribution in [0, 0.1) is 5.82 Å². The molecule has 190 valence electrons. The van der Waals surface area contributed by atoms with Gasteiger partial charge in [0.05, 0.1) is 14.1 Å². The molecule has 0 radical (unpaired) electrons. The van der Waals surface area contributed by atoms with E-state index in [0.29, 0.717) is 17.2 Å². The van der Waals surface area contributed by atoms with Crippen LogP contribution in [0.3, 0.4) is 0 Å². The molecule has 0 amide bonds. The van der Waals surface area contributed by atoms with Gasteiger partial charge in [0, 0.05) is 34.4 Å². The van der Waals surface area contributed by atoms with Crippen molar-refractivity contribution in [3.05, 3.63) is 76.3 Å². The predicted octanol–water partition coefficient (Wildman–Crippen LogP) is 6.67. The monoisotopic (exact) mass is 587 g/mol. The summed E-state index contributed by atoms with van der Waals surface area (Å²) in [5.74, 6) is -0.296. The second kappa shape index (κ2) is 10.4. The minimum absolute atomic E-state index is 0.212. The van der Waals surface area contributed by atoms with Crippen LogP contribution >= 0.6 is 15.9 Å². The number of benzene rings is 2. The molecule has 5 nitrogen and oxygen atoms in total. The van der Waals surface area contributed by atoms with E-state index < -0.39 is 24.2 Å². The topological polar surface area (TPSA) is 74.0 Å². The molecule has 0 fully saturated rings. The Morgan fingerprint density at radius 3 is 2.47 bits per heavy atom. The Morgan fingerprint density at radius 2 is 1.78 bits per heavy atom. The first-order chi connectivity index (χ1) is 16.9. The Morgan fingerprint density at radius 1 is 1.11 bits per heavy atom. The van der Waals surface area contributed by atoms with Gasteiger partial charge in [0.1, 0.15) is 15.0 Å². The molecule has 2 atom stereocenters. The van der Waals surface area contributed by atoms with Gasteiger partial charge in [0.15, 0.2) is 11.4 Å². The lowest BCUT2D eigenvalue weighted by Crippen LogP contribution is -2.43.